The molecule has 0 saturated carbocycles. The highest BCUT2D eigenvalue weighted by Crippen LogP contribution is 2.35. The van der Waals surface area contributed by atoms with Gasteiger partial charge in [0.2, 0.25) is 0 Å². The predicted octanol–water partition coefficient (Wildman–Crippen LogP) is 3.05. The van der Waals surface area contributed by atoms with Crippen molar-refractivity contribution in [1.82, 2.24) is 5.43 Å². The Labute approximate surface area is 166 Å². The first-order valence-corrected chi connectivity index (χ1v) is 8.25. The highest BCUT2D eigenvalue weighted by Gasteiger charge is 2.19. The third kappa shape index (κ3) is 4.79. The maximum atomic E-state index is 12.2. The number of non-ortho nitro benzene ring substituents is 2. The van der Waals surface area contributed by atoms with Crippen LogP contribution in [0.2, 0.25) is 0 Å². The van der Waals surface area contributed by atoms with Gasteiger partial charge in [-0.25, -0.2) is 5.43 Å². The van der Waals surface area contributed by atoms with E-state index in [1.165, 1.54) is 20.4 Å². The first-order valence-electron chi connectivity index (χ1n) is 7.45. The van der Waals surface area contributed by atoms with Crippen LogP contribution in [0.15, 0.2) is 39.9 Å². The van der Waals surface area contributed by atoms with Gasteiger partial charge in [-0.2, -0.15) is 5.10 Å². The lowest BCUT2D eigenvalue weighted by atomic mass is 10.1. The van der Waals surface area contributed by atoms with Crippen molar-refractivity contribution in [1.29, 1.82) is 0 Å². The lowest BCUT2D eigenvalue weighted by Gasteiger charge is -2.10. The minimum absolute atomic E-state index is 0.272. The van der Waals surface area contributed by atoms with Crippen LogP contribution in [-0.2, 0) is 0 Å². The van der Waals surface area contributed by atoms with Gasteiger partial charge in [0, 0.05) is 12.1 Å². The fraction of sp³-hybridized carbons (Fsp3) is 0.125. The van der Waals surface area contributed by atoms with Crippen LogP contribution in [0, 0.1) is 20.2 Å². The van der Waals surface area contributed by atoms with Crippen LogP contribution < -0.4 is 14.9 Å². The Morgan fingerprint density at radius 3 is 2.18 bits per heavy atom. The average molecular weight is 453 g/mol. The number of benzene rings is 2. The lowest BCUT2D eigenvalue weighted by molar-refractivity contribution is -0.394. The van der Waals surface area contributed by atoms with Crippen molar-refractivity contribution in [2.24, 2.45) is 5.10 Å². The van der Waals surface area contributed by atoms with Gasteiger partial charge < -0.3 is 9.47 Å². The van der Waals surface area contributed by atoms with Gasteiger partial charge >= 0.3 is 0 Å². The topological polar surface area (TPSA) is 146 Å². The van der Waals surface area contributed by atoms with Crippen LogP contribution >= 0.6 is 15.9 Å². The summed E-state index contributed by atoms with van der Waals surface area (Å²) in [5.41, 5.74) is 1.29. The Morgan fingerprint density at radius 1 is 1.07 bits per heavy atom. The second kappa shape index (κ2) is 8.90. The summed E-state index contributed by atoms with van der Waals surface area (Å²) in [5, 5.41) is 25.5. The zero-order valence-electron chi connectivity index (χ0n) is 14.5. The summed E-state index contributed by atoms with van der Waals surface area (Å²) < 4.78 is 11.0. The zero-order valence-corrected chi connectivity index (χ0v) is 16.1. The molecule has 0 unspecified atom stereocenters. The minimum atomic E-state index is -0.845. The third-order valence-corrected chi connectivity index (χ3v) is 4.01. The molecule has 0 atom stereocenters. The molecule has 2 rings (SSSR count). The molecular weight excluding hydrogens is 440 g/mol. The van der Waals surface area contributed by atoms with Crippen molar-refractivity contribution < 1.29 is 24.1 Å². The Hall–Kier alpha value is -3.54. The number of amides is 1. The molecule has 2 aromatic carbocycles. The molecule has 0 saturated heterocycles. The maximum absolute atomic E-state index is 12.2. The summed E-state index contributed by atoms with van der Waals surface area (Å²) >= 11 is 3.32. The van der Waals surface area contributed by atoms with Gasteiger partial charge in [0.25, 0.3) is 17.3 Å². The maximum Gasteiger partial charge on any atom is 0.277 e. The molecule has 1 amide bonds. The molecule has 2 aromatic rings. The molecule has 1 N–H and O–H groups in total. The normalized spacial score (nSPS) is 10.5. The molecule has 0 aromatic heterocycles. The van der Waals surface area contributed by atoms with E-state index in [1.54, 1.807) is 12.1 Å². The summed E-state index contributed by atoms with van der Waals surface area (Å²) in [6.45, 7) is 0. The number of methoxy groups -OCH3 is 2. The van der Waals surface area contributed by atoms with Crippen LogP contribution in [0.1, 0.15) is 15.9 Å². The van der Waals surface area contributed by atoms with Crippen molar-refractivity contribution in [3.05, 3.63) is 66.2 Å². The van der Waals surface area contributed by atoms with Gasteiger partial charge in [-0.3, -0.25) is 25.0 Å². The smallest absolute Gasteiger partial charge is 0.277 e. The van der Waals surface area contributed by atoms with E-state index >= 15 is 0 Å². The number of hydrogen-bond donors (Lipinski definition) is 1. The van der Waals surface area contributed by atoms with Crippen molar-refractivity contribution in [3.8, 4) is 11.5 Å². The monoisotopic (exact) mass is 452 g/mol. The van der Waals surface area contributed by atoms with Crippen LogP contribution in [0.3, 0.4) is 0 Å². The Morgan fingerprint density at radius 2 is 1.68 bits per heavy atom. The summed E-state index contributed by atoms with van der Waals surface area (Å²) in [4.78, 5) is 32.3. The Kier molecular flexibility index (Phi) is 6.60. The molecule has 28 heavy (non-hydrogen) atoms. The molecule has 0 fully saturated rings. The van der Waals surface area contributed by atoms with Crippen molar-refractivity contribution in [2.75, 3.05) is 14.2 Å². The number of ether oxygens (including phenoxy) is 2. The molecule has 0 aliphatic carbocycles. The van der Waals surface area contributed by atoms with Gasteiger partial charge in [0.1, 0.15) is 0 Å². The Bertz CT molecular complexity index is 945. The van der Waals surface area contributed by atoms with Crippen molar-refractivity contribution in [2.45, 2.75) is 0 Å². The second-order valence-corrected chi connectivity index (χ2v) is 6.04. The Balaban J connectivity index is 2.23. The molecule has 12 heteroatoms. The quantitative estimate of drug-likeness (QED) is 0.385. The van der Waals surface area contributed by atoms with Crippen molar-refractivity contribution in [3.63, 3.8) is 0 Å². The SMILES string of the molecule is COc1cc(/C=N\NC(=O)c2cc([N+](=O)[O-])cc([N+](=O)[O-])c2)cc(Br)c1OC. The fourth-order valence-corrected chi connectivity index (χ4v) is 2.80. The van der Waals surface area contributed by atoms with Crippen LogP contribution in [0.4, 0.5) is 11.4 Å². The number of nitrogens with one attached hydrogen (secondary N) is 1. The van der Waals surface area contributed by atoms with Crippen LogP contribution in [-0.4, -0.2) is 36.2 Å². The highest BCUT2D eigenvalue weighted by atomic mass is 79.9. The first-order chi connectivity index (χ1) is 13.3. The number of halogens is 1. The summed E-state index contributed by atoms with van der Waals surface area (Å²) in [6.07, 6.45) is 1.30. The van der Waals surface area contributed by atoms with E-state index in [-0.39, 0.29) is 5.56 Å². The average Bonchev–Trinajstić information content (AvgIpc) is 2.66. The molecule has 0 bridgehead atoms. The molecule has 0 aliphatic rings. The third-order valence-electron chi connectivity index (χ3n) is 3.42. The van der Waals surface area contributed by atoms with Gasteiger partial charge in [-0.05, 0) is 33.6 Å². The van der Waals surface area contributed by atoms with E-state index in [0.29, 0.717) is 21.5 Å². The van der Waals surface area contributed by atoms with Gasteiger partial charge in [-0.1, -0.05) is 0 Å². The number of nitro groups is 2. The predicted molar refractivity (Wildman–Crippen MR) is 102 cm³/mol. The van der Waals surface area contributed by atoms with Crippen LogP contribution in [0.5, 0.6) is 11.5 Å². The molecule has 0 radical (unpaired) electrons. The number of carbonyl (C=O) groups is 1. The number of carbonyl (C=O) groups excluding carboxylic acids is 1. The second-order valence-electron chi connectivity index (χ2n) is 5.19. The van der Waals surface area contributed by atoms with Crippen molar-refractivity contribution >= 4 is 39.4 Å². The molecule has 0 aliphatic heterocycles. The molecule has 146 valence electrons. The zero-order chi connectivity index (χ0) is 20.8. The lowest BCUT2D eigenvalue weighted by Crippen LogP contribution is -2.18. The number of nitro benzene ring substituents is 2. The summed E-state index contributed by atoms with van der Waals surface area (Å²) in [5.74, 6) is 0.0640. The number of hydrazone groups is 1. The van der Waals surface area contributed by atoms with Gasteiger partial charge in [0.15, 0.2) is 11.5 Å². The standard InChI is InChI=1S/C16H13BrN4O7/c1-27-14-4-9(3-13(17)15(14)28-2)8-18-19-16(22)10-5-11(20(23)24)7-12(6-10)21(25)26/h3-8H,1-2H3,(H,19,22)/b18-8-. The fourth-order valence-electron chi connectivity index (χ4n) is 2.18. The molecular formula is C16H13BrN4O7. The van der Waals surface area contributed by atoms with E-state index in [2.05, 4.69) is 26.5 Å². The van der Waals surface area contributed by atoms with Gasteiger partial charge in [-0.15, -0.1) is 0 Å². The number of hydrogen-bond acceptors (Lipinski definition) is 8. The first kappa shape index (κ1) is 20.8. The van der Waals surface area contributed by atoms with E-state index in [4.69, 9.17) is 9.47 Å². The minimum Gasteiger partial charge on any atom is -0.493 e. The highest BCUT2D eigenvalue weighted by molar-refractivity contribution is 9.10. The van der Waals surface area contributed by atoms with E-state index < -0.39 is 27.1 Å². The van der Waals surface area contributed by atoms with E-state index in [1.807, 2.05) is 0 Å². The largest absolute Gasteiger partial charge is 0.493 e. The van der Waals surface area contributed by atoms with E-state index in [0.717, 1.165) is 18.2 Å². The van der Waals surface area contributed by atoms with Crippen LogP contribution in [0.25, 0.3) is 0 Å². The molecule has 0 heterocycles. The number of nitrogens with zero attached hydrogens (tertiary/aromatic N) is 3. The van der Waals surface area contributed by atoms with E-state index in [9.17, 15) is 25.0 Å². The number of rotatable bonds is 7. The summed E-state index contributed by atoms with van der Waals surface area (Å²) in [7, 11) is 2.94. The molecule has 0 spiro atoms. The summed E-state index contributed by atoms with van der Waals surface area (Å²) in [6, 6.07) is 5.88. The van der Waals surface area contributed by atoms with Gasteiger partial charge in [0.05, 0.1) is 46.4 Å². The molecule has 11 nitrogen and oxygen atoms in total.